The van der Waals surface area contributed by atoms with Crippen LogP contribution in [-0.4, -0.2) is 33.9 Å². The van der Waals surface area contributed by atoms with Crippen molar-refractivity contribution in [2.24, 2.45) is 5.92 Å². The zero-order valence-corrected chi connectivity index (χ0v) is 8.55. The smallest absolute Gasteiger partial charge is 0.139 e. The largest absolute Gasteiger partial charge is 0.302 e. The molecule has 0 spiro atoms. The van der Waals surface area contributed by atoms with Gasteiger partial charge in [-0.25, -0.2) is 4.98 Å². The van der Waals surface area contributed by atoms with Gasteiger partial charge in [0.05, 0.1) is 0 Å². The number of fused-ring (bicyclic) bond motifs is 2. The Morgan fingerprint density at radius 2 is 2.38 bits per heavy atom. The molecule has 0 aliphatic carbocycles. The maximum atomic E-state index is 4.49. The van der Waals surface area contributed by atoms with Gasteiger partial charge in [-0.1, -0.05) is 0 Å². The molecule has 2 aliphatic rings. The Morgan fingerprint density at radius 1 is 1.46 bits per heavy atom. The quantitative estimate of drug-likeness (QED) is 0.675. The van der Waals surface area contributed by atoms with Gasteiger partial charge in [-0.15, -0.1) is 0 Å². The highest BCUT2D eigenvalue weighted by atomic mass is 32.1. The summed E-state index contributed by atoms with van der Waals surface area (Å²) in [5.41, 5.74) is 0. The third-order valence-corrected chi connectivity index (χ3v) is 4.13. The molecule has 1 aromatic rings. The van der Waals surface area contributed by atoms with Gasteiger partial charge in [-0.05, 0) is 37.3 Å². The molecule has 3 atom stereocenters. The lowest BCUT2D eigenvalue weighted by Crippen LogP contribution is -2.21. The highest BCUT2D eigenvalue weighted by Crippen LogP contribution is 2.39. The van der Waals surface area contributed by atoms with Crippen molar-refractivity contribution < 1.29 is 0 Å². The van der Waals surface area contributed by atoms with Crippen LogP contribution in [0.5, 0.6) is 0 Å². The fourth-order valence-electron chi connectivity index (χ4n) is 2.53. The van der Waals surface area contributed by atoms with Gasteiger partial charge in [0.1, 0.15) is 10.8 Å². The van der Waals surface area contributed by atoms with Gasteiger partial charge in [0.15, 0.2) is 0 Å². The van der Waals surface area contributed by atoms with E-state index in [9.17, 15) is 0 Å². The van der Waals surface area contributed by atoms with Crippen LogP contribution in [0.25, 0.3) is 0 Å². The summed E-state index contributed by atoms with van der Waals surface area (Å²) in [4.78, 5) is 7.04. The summed E-state index contributed by atoms with van der Waals surface area (Å²) in [6.07, 6.45) is 1.36. The zero-order valence-electron chi connectivity index (χ0n) is 7.73. The molecule has 1 unspecified atom stereocenters. The van der Waals surface area contributed by atoms with Crippen molar-refractivity contribution in [1.29, 1.82) is 0 Å². The summed E-state index contributed by atoms with van der Waals surface area (Å²) in [5, 5.41) is 1.27. The fraction of sp³-hybridized carbons (Fsp3) is 0.778. The first kappa shape index (κ1) is 7.88. The molecule has 0 N–H and O–H groups in total. The van der Waals surface area contributed by atoms with E-state index < -0.39 is 0 Å². The van der Waals surface area contributed by atoms with Gasteiger partial charge < -0.3 is 4.90 Å². The van der Waals surface area contributed by atoms with Crippen LogP contribution in [0.2, 0.25) is 0 Å². The van der Waals surface area contributed by atoms with E-state index in [4.69, 9.17) is 0 Å². The first-order valence-electron chi connectivity index (χ1n) is 4.85. The van der Waals surface area contributed by atoms with E-state index in [2.05, 4.69) is 14.3 Å². The minimum atomic E-state index is 0.694. The molecule has 2 bridgehead atoms. The van der Waals surface area contributed by atoms with E-state index in [1.807, 2.05) is 6.92 Å². The van der Waals surface area contributed by atoms with E-state index in [1.54, 1.807) is 11.5 Å². The minimum absolute atomic E-state index is 0.694. The summed E-state index contributed by atoms with van der Waals surface area (Å²) in [7, 11) is 0. The highest BCUT2D eigenvalue weighted by Gasteiger charge is 2.40. The van der Waals surface area contributed by atoms with Gasteiger partial charge >= 0.3 is 0 Å². The Morgan fingerprint density at radius 3 is 2.92 bits per heavy atom. The second-order valence-corrected chi connectivity index (χ2v) is 4.88. The van der Waals surface area contributed by atoms with Crippen LogP contribution in [0.3, 0.4) is 0 Å². The van der Waals surface area contributed by atoms with Crippen LogP contribution in [0.4, 0.5) is 0 Å². The average Bonchev–Trinajstić information content (AvgIpc) is 2.77. The standard InChI is InChI=1S/C9H13N3S/c1-6-10-9(13-11-6)8-5-12-3-2-7(8)4-12/h7-8H,2-5H2,1H3/t7-,8-/m0/s1. The molecule has 3 heterocycles. The van der Waals surface area contributed by atoms with Crippen molar-refractivity contribution in [2.75, 3.05) is 19.6 Å². The lowest BCUT2D eigenvalue weighted by atomic mass is 9.93. The number of aromatic nitrogens is 2. The molecule has 0 saturated carbocycles. The molecule has 3 rings (SSSR count). The van der Waals surface area contributed by atoms with Crippen molar-refractivity contribution in [2.45, 2.75) is 19.3 Å². The predicted octanol–water partition coefficient (Wildman–Crippen LogP) is 1.27. The number of hydrogen-bond acceptors (Lipinski definition) is 4. The summed E-state index contributed by atoms with van der Waals surface area (Å²) in [6, 6.07) is 0. The summed E-state index contributed by atoms with van der Waals surface area (Å²) < 4.78 is 4.26. The van der Waals surface area contributed by atoms with E-state index in [1.165, 1.54) is 31.1 Å². The molecule has 2 saturated heterocycles. The fourth-order valence-corrected chi connectivity index (χ4v) is 3.37. The summed E-state index contributed by atoms with van der Waals surface area (Å²) >= 11 is 1.60. The lowest BCUT2D eigenvalue weighted by molar-refractivity contribution is 0.346. The first-order chi connectivity index (χ1) is 6.33. The van der Waals surface area contributed by atoms with Crippen LogP contribution in [0.1, 0.15) is 23.2 Å². The van der Waals surface area contributed by atoms with Crippen molar-refractivity contribution >= 4 is 11.5 Å². The first-order valence-corrected chi connectivity index (χ1v) is 5.63. The molecule has 4 heteroatoms. The van der Waals surface area contributed by atoms with Crippen molar-refractivity contribution in [3.8, 4) is 0 Å². The van der Waals surface area contributed by atoms with Crippen LogP contribution in [0.15, 0.2) is 0 Å². The maximum absolute atomic E-state index is 4.49. The molecule has 3 nitrogen and oxygen atoms in total. The van der Waals surface area contributed by atoms with Gasteiger partial charge in [0.2, 0.25) is 0 Å². The SMILES string of the molecule is Cc1nsc([C@H]2CN3CC[C@H]2C3)n1. The van der Waals surface area contributed by atoms with Crippen LogP contribution in [-0.2, 0) is 0 Å². The third kappa shape index (κ3) is 1.20. The minimum Gasteiger partial charge on any atom is -0.302 e. The van der Waals surface area contributed by atoms with Gasteiger partial charge in [0, 0.05) is 19.0 Å². The molecule has 2 fully saturated rings. The number of piperidine rings is 1. The van der Waals surface area contributed by atoms with Crippen LogP contribution in [0, 0.1) is 12.8 Å². The molecule has 1 aromatic heterocycles. The molecular formula is C9H13N3S. The zero-order chi connectivity index (χ0) is 8.84. The van der Waals surface area contributed by atoms with Crippen LogP contribution >= 0.6 is 11.5 Å². The Balaban J connectivity index is 1.87. The van der Waals surface area contributed by atoms with Gasteiger partial charge in [0.25, 0.3) is 0 Å². The molecule has 2 aliphatic heterocycles. The molecule has 0 amide bonds. The molecule has 13 heavy (non-hydrogen) atoms. The lowest BCUT2D eigenvalue weighted by Gasteiger charge is -2.19. The predicted molar refractivity (Wildman–Crippen MR) is 51.9 cm³/mol. The summed E-state index contributed by atoms with van der Waals surface area (Å²) in [6.45, 7) is 5.80. The number of nitrogens with zero attached hydrogens (tertiary/aromatic N) is 3. The number of hydrogen-bond donors (Lipinski definition) is 0. The number of aryl methyl sites for hydroxylation is 1. The van der Waals surface area contributed by atoms with E-state index in [0.717, 1.165) is 11.7 Å². The second-order valence-electron chi connectivity index (χ2n) is 4.09. The average molecular weight is 195 g/mol. The normalized spacial score (nSPS) is 37.2. The Kier molecular flexibility index (Phi) is 1.67. The highest BCUT2D eigenvalue weighted by molar-refractivity contribution is 7.05. The van der Waals surface area contributed by atoms with E-state index in [-0.39, 0.29) is 0 Å². The molecule has 70 valence electrons. The Bertz CT molecular complexity index is 322. The summed E-state index contributed by atoms with van der Waals surface area (Å²) in [5.74, 6) is 2.50. The topological polar surface area (TPSA) is 29.0 Å². The van der Waals surface area contributed by atoms with E-state index in [0.29, 0.717) is 5.92 Å². The second kappa shape index (κ2) is 2.75. The monoisotopic (exact) mass is 195 g/mol. The van der Waals surface area contributed by atoms with Crippen molar-refractivity contribution in [1.82, 2.24) is 14.3 Å². The molecule has 0 radical (unpaired) electrons. The molecule has 0 aromatic carbocycles. The van der Waals surface area contributed by atoms with Crippen LogP contribution < -0.4 is 0 Å². The third-order valence-electron chi connectivity index (χ3n) is 3.19. The Hall–Kier alpha value is -0.480. The molecular weight excluding hydrogens is 182 g/mol. The maximum Gasteiger partial charge on any atom is 0.139 e. The number of rotatable bonds is 1. The van der Waals surface area contributed by atoms with Gasteiger partial charge in [-0.2, -0.15) is 4.37 Å². The van der Waals surface area contributed by atoms with Crippen molar-refractivity contribution in [3.05, 3.63) is 10.8 Å². The van der Waals surface area contributed by atoms with Gasteiger partial charge in [-0.3, -0.25) is 0 Å². The van der Waals surface area contributed by atoms with Crippen molar-refractivity contribution in [3.63, 3.8) is 0 Å². The Labute approximate surface area is 82.0 Å². The van der Waals surface area contributed by atoms with E-state index >= 15 is 0 Å².